The van der Waals surface area contributed by atoms with Gasteiger partial charge in [-0.2, -0.15) is 11.8 Å². The first-order chi connectivity index (χ1) is 14.6. The molecule has 2 heterocycles. The predicted molar refractivity (Wildman–Crippen MR) is 126 cm³/mol. The van der Waals surface area contributed by atoms with Crippen molar-refractivity contribution in [3.63, 3.8) is 0 Å². The van der Waals surface area contributed by atoms with Gasteiger partial charge in [0.2, 0.25) is 0 Å². The first-order valence-corrected chi connectivity index (χ1v) is 12.9. The fourth-order valence-electron chi connectivity index (χ4n) is 4.17. The van der Waals surface area contributed by atoms with Gasteiger partial charge in [0.05, 0.1) is 5.75 Å². The highest BCUT2D eigenvalue weighted by Gasteiger charge is 2.29. The number of piperazine rings is 1. The summed E-state index contributed by atoms with van der Waals surface area (Å²) in [5, 5.41) is 0.805. The summed E-state index contributed by atoms with van der Waals surface area (Å²) in [6.07, 6.45) is 2.89. The van der Waals surface area contributed by atoms with E-state index in [2.05, 4.69) is 46.2 Å². The van der Waals surface area contributed by atoms with E-state index in [1.54, 1.807) is 0 Å². The van der Waals surface area contributed by atoms with Gasteiger partial charge in [-0.25, -0.2) is 0 Å². The Morgan fingerprint density at radius 2 is 1.97 bits per heavy atom. The zero-order valence-corrected chi connectivity index (χ0v) is 19.6. The van der Waals surface area contributed by atoms with Crippen LogP contribution in [-0.2, 0) is 16.0 Å². The van der Waals surface area contributed by atoms with Crippen LogP contribution in [0.3, 0.4) is 0 Å². The third-order valence-electron chi connectivity index (χ3n) is 5.71. The molecular weight excluding hydrogens is 436 g/mol. The van der Waals surface area contributed by atoms with Gasteiger partial charge in [0.25, 0.3) is 0 Å². The van der Waals surface area contributed by atoms with E-state index in [-0.39, 0.29) is 5.97 Å². The molecule has 2 aliphatic rings. The second-order valence-electron chi connectivity index (χ2n) is 7.64. The number of fused-ring (bicyclic) bond motifs is 2. The Kier molecular flexibility index (Phi) is 7.65. The zero-order valence-electron chi connectivity index (χ0n) is 17.2. The Morgan fingerprint density at radius 3 is 2.77 bits per heavy atom. The largest absolute Gasteiger partial charge is 0.464 e. The van der Waals surface area contributed by atoms with Crippen molar-refractivity contribution in [1.82, 2.24) is 9.80 Å². The highest BCUT2D eigenvalue weighted by molar-refractivity contribution is 7.99. The van der Waals surface area contributed by atoms with Crippen LogP contribution in [0.5, 0.6) is 0 Å². The van der Waals surface area contributed by atoms with Crippen LogP contribution in [0, 0.1) is 0 Å². The van der Waals surface area contributed by atoms with Crippen LogP contribution < -0.4 is 0 Å². The van der Waals surface area contributed by atoms with Crippen LogP contribution in [0.1, 0.15) is 17.2 Å². The van der Waals surface area contributed by atoms with E-state index in [1.165, 1.54) is 32.7 Å². The minimum absolute atomic E-state index is 0.119. The number of hydrogen-bond acceptors (Lipinski definition) is 6. The number of thioether (sulfide) groups is 1. The van der Waals surface area contributed by atoms with Crippen molar-refractivity contribution in [3.8, 4) is 0 Å². The van der Waals surface area contributed by atoms with Crippen LogP contribution in [0.25, 0.3) is 0 Å². The summed E-state index contributed by atoms with van der Waals surface area (Å²) in [7, 11) is 0. The van der Waals surface area contributed by atoms with Gasteiger partial charge in [-0.3, -0.25) is 14.6 Å². The first-order valence-electron chi connectivity index (χ1n) is 10.3. The molecule has 1 atom stereocenters. The molecule has 0 spiro atoms. The molecule has 160 valence electrons. The fraction of sp³-hybridized carbons (Fsp3) is 0.435. The van der Waals surface area contributed by atoms with Gasteiger partial charge in [-0.15, -0.1) is 0 Å². The van der Waals surface area contributed by atoms with Crippen LogP contribution >= 0.6 is 35.1 Å². The number of nitrogens with zero attached hydrogens (tertiary/aromatic N) is 2. The molecule has 2 aliphatic heterocycles. The molecule has 7 heteroatoms. The molecule has 0 radical (unpaired) electrons. The average molecular weight is 463 g/mol. The molecule has 2 aromatic rings. The summed E-state index contributed by atoms with van der Waals surface area (Å²) in [5.74, 6) is 0.310. The Bertz CT molecular complexity index is 887. The summed E-state index contributed by atoms with van der Waals surface area (Å²) < 4.78 is 5.31. The van der Waals surface area contributed by atoms with Crippen molar-refractivity contribution in [2.75, 3.05) is 51.3 Å². The lowest BCUT2D eigenvalue weighted by Gasteiger charge is -2.39. The van der Waals surface area contributed by atoms with Gasteiger partial charge < -0.3 is 4.74 Å². The summed E-state index contributed by atoms with van der Waals surface area (Å²) in [6.45, 7) is 5.30. The molecule has 4 nitrogen and oxygen atoms in total. The number of hydrogen-bond donors (Lipinski definition) is 0. The molecule has 0 amide bonds. The van der Waals surface area contributed by atoms with Crippen molar-refractivity contribution in [3.05, 3.63) is 58.6 Å². The summed E-state index contributed by atoms with van der Waals surface area (Å²) in [5.41, 5.74) is 2.74. The normalized spacial score (nSPS) is 19.6. The molecule has 0 bridgehead atoms. The lowest BCUT2D eigenvalue weighted by molar-refractivity contribution is -0.140. The number of benzene rings is 2. The van der Waals surface area contributed by atoms with Gasteiger partial charge >= 0.3 is 5.97 Å². The Hall–Kier alpha value is -1.18. The van der Waals surface area contributed by atoms with Crippen LogP contribution in [-0.4, -0.2) is 67.1 Å². The van der Waals surface area contributed by atoms with Gasteiger partial charge in [0.15, 0.2) is 0 Å². The van der Waals surface area contributed by atoms with Gasteiger partial charge in [-0.05, 0) is 48.1 Å². The van der Waals surface area contributed by atoms with E-state index >= 15 is 0 Å². The molecule has 1 saturated heterocycles. The average Bonchev–Trinajstić information content (AvgIpc) is 2.91. The topological polar surface area (TPSA) is 32.8 Å². The number of rotatable bonds is 6. The Balaban J connectivity index is 1.42. The molecule has 0 aromatic heterocycles. The number of esters is 1. The Morgan fingerprint density at radius 1 is 1.17 bits per heavy atom. The number of halogens is 1. The second-order valence-corrected chi connectivity index (χ2v) is 10.0. The third kappa shape index (κ3) is 5.35. The fourth-order valence-corrected chi connectivity index (χ4v) is 5.79. The molecular formula is C23H27ClN2O2S2. The van der Waals surface area contributed by atoms with Crippen molar-refractivity contribution < 1.29 is 9.53 Å². The van der Waals surface area contributed by atoms with Crippen LogP contribution in [0.2, 0.25) is 5.02 Å². The number of carbonyl (C=O) groups is 1. The molecule has 2 aromatic carbocycles. The van der Waals surface area contributed by atoms with Gasteiger partial charge in [-0.1, -0.05) is 41.6 Å². The highest BCUT2D eigenvalue weighted by atomic mass is 35.5. The number of ether oxygens (including phenoxy) is 1. The van der Waals surface area contributed by atoms with E-state index in [9.17, 15) is 4.79 Å². The van der Waals surface area contributed by atoms with Crippen molar-refractivity contribution in [2.45, 2.75) is 22.3 Å². The maximum atomic E-state index is 11.5. The van der Waals surface area contributed by atoms with Crippen LogP contribution in [0.4, 0.5) is 0 Å². The maximum Gasteiger partial charge on any atom is 0.315 e. The monoisotopic (exact) mass is 462 g/mol. The standard InChI is InChI=1S/C23H27ClN2O2S2/c1-29-16-23(27)28-13-12-25-8-10-26(11-9-25)20-15-17-14-18(24)6-7-21(17)30-22-5-3-2-4-19(20)22/h2-7,14,20H,8-13,15-16H2,1H3/t20-/m1/s1. The third-order valence-corrected chi connectivity index (χ3v) is 7.68. The van der Waals surface area contributed by atoms with Crippen LogP contribution in [0.15, 0.2) is 52.3 Å². The lowest BCUT2D eigenvalue weighted by Crippen LogP contribution is -2.48. The molecule has 1 fully saturated rings. The molecule has 0 unspecified atom stereocenters. The Labute approximate surface area is 192 Å². The SMILES string of the molecule is CSCC(=O)OCCN1CCN([C@@H]2Cc3cc(Cl)ccc3Sc3ccccc32)CC1. The minimum atomic E-state index is -0.119. The molecule has 0 N–H and O–H groups in total. The molecule has 0 aliphatic carbocycles. The maximum absolute atomic E-state index is 11.5. The predicted octanol–water partition coefficient (Wildman–Crippen LogP) is 4.61. The number of carbonyl (C=O) groups excluding carboxylic acids is 1. The summed E-state index contributed by atoms with van der Waals surface area (Å²) in [4.78, 5) is 19.2. The molecule has 4 rings (SSSR count). The second kappa shape index (κ2) is 10.4. The molecule has 30 heavy (non-hydrogen) atoms. The van der Waals surface area contributed by atoms with Crippen molar-refractivity contribution >= 4 is 41.1 Å². The smallest absolute Gasteiger partial charge is 0.315 e. The molecule has 0 saturated carbocycles. The summed E-state index contributed by atoms with van der Waals surface area (Å²) >= 11 is 9.67. The van der Waals surface area contributed by atoms with E-state index in [0.29, 0.717) is 18.4 Å². The van der Waals surface area contributed by atoms with E-state index in [4.69, 9.17) is 16.3 Å². The first kappa shape index (κ1) is 22.0. The minimum Gasteiger partial charge on any atom is -0.464 e. The van der Waals surface area contributed by atoms with E-state index in [1.807, 2.05) is 24.1 Å². The van der Waals surface area contributed by atoms with Crippen molar-refractivity contribution in [2.24, 2.45) is 0 Å². The van der Waals surface area contributed by atoms with Crippen molar-refractivity contribution in [1.29, 1.82) is 0 Å². The lowest BCUT2D eigenvalue weighted by atomic mass is 9.96. The quantitative estimate of drug-likeness (QED) is 0.583. The zero-order chi connectivity index (χ0) is 20.9. The summed E-state index contributed by atoms with van der Waals surface area (Å²) in [6, 6.07) is 15.4. The van der Waals surface area contributed by atoms with E-state index < -0.39 is 0 Å². The highest BCUT2D eigenvalue weighted by Crippen LogP contribution is 2.43. The van der Waals surface area contributed by atoms with Gasteiger partial charge in [0.1, 0.15) is 6.61 Å². The van der Waals surface area contributed by atoms with Gasteiger partial charge in [0, 0.05) is 53.6 Å². The van der Waals surface area contributed by atoms with E-state index in [0.717, 1.165) is 44.2 Å².